The van der Waals surface area contributed by atoms with Gasteiger partial charge in [0.15, 0.2) is 0 Å². The maximum atomic E-state index is 12.8. The van der Waals surface area contributed by atoms with Crippen molar-refractivity contribution in [2.75, 3.05) is 26.2 Å². The molecule has 2 aromatic rings. The zero-order valence-electron chi connectivity index (χ0n) is 18.1. The molecule has 1 aromatic heterocycles. The molecule has 1 fully saturated rings. The lowest BCUT2D eigenvalue weighted by molar-refractivity contribution is 0.0942. The van der Waals surface area contributed by atoms with Gasteiger partial charge in [-0.2, -0.15) is 4.31 Å². The molecular formula is C22H32N4O3S. The molecule has 164 valence electrons. The average molecular weight is 433 g/mol. The van der Waals surface area contributed by atoms with Crippen LogP contribution in [0.3, 0.4) is 0 Å². The highest BCUT2D eigenvalue weighted by atomic mass is 32.2. The van der Waals surface area contributed by atoms with E-state index in [1.165, 1.54) is 22.1 Å². The fraction of sp³-hybridized carbons (Fsp3) is 0.500. The Bertz CT molecular complexity index is 974. The normalized spacial score (nSPS) is 15.1. The summed E-state index contributed by atoms with van der Waals surface area (Å²) in [6.07, 6.45) is 3.29. The van der Waals surface area contributed by atoms with Gasteiger partial charge in [0, 0.05) is 39.4 Å². The van der Waals surface area contributed by atoms with Crippen molar-refractivity contribution in [2.45, 2.75) is 44.7 Å². The van der Waals surface area contributed by atoms with Crippen LogP contribution in [0.5, 0.6) is 0 Å². The van der Waals surface area contributed by atoms with E-state index in [0.29, 0.717) is 25.3 Å². The predicted molar refractivity (Wildman–Crippen MR) is 118 cm³/mol. The first-order chi connectivity index (χ1) is 14.4. The van der Waals surface area contributed by atoms with Gasteiger partial charge in [-0.15, -0.1) is 0 Å². The molecule has 30 heavy (non-hydrogen) atoms. The van der Waals surface area contributed by atoms with Crippen LogP contribution in [0.15, 0.2) is 41.4 Å². The molecule has 1 saturated heterocycles. The maximum absolute atomic E-state index is 12.8. The summed E-state index contributed by atoms with van der Waals surface area (Å²) in [6, 6.07) is 9.56. The van der Waals surface area contributed by atoms with Crippen molar-refractivity contribution >= 4 is 15.9 Å². The Morgan fingerprint density at radius 1 is 1.10 bits per heavy atom. The monoisotopic (exact) mass is 432 g/mol. The molecule has 0 radical (unpaired) electrons. The summed E-state index contributed by atoms with van der Waals surface area (Å²) < 4.78 is 28.6. The SMILES string of the molecule is CCN(CC)Cc1ccccc1CNC(=O)c1cc(S(=O)(=O)N2CCCC2)cn1C. The van der Waals surface area contributed by atoms with Gasteiger partial charge in [-0.3, -0.25) is 9.69 Å². The quantitative estimate of drug-likeness (QED) is 0.661. The van der Waals surface area contributed by atoms with E-state index in [0.717, 1.165) is 38.0 Å². The molecule has 8 heteroatoms. The molecule has 1 aromatic carbocycles. The van der Waals surface area contributed by atoms with Crippen molar-refractivity contribution in [3.05, 3.63) is 53.3 Å². The Kier molecular flexibility index (Phi) is 7.33. The zero-order valence-corrected chi connectivity index (χ0v) is 18.9. The minimum absolute atomic E-state index is 0.180. The van der Waals surface area contributed by atoms with E-state index in [2.05, 4.69) is 30.1 Å². The number of aryl methyl sites for hydroxylation is 1. The molecule has 3 rings (SSSR count). The van der Waals surface area contributed by atoms with Crippen molar-refractivity contribution in [1.82, 2.24) is 19.1 Å². The highest BCUT2D eigenvalue weighted by Crippen LogP contribution is 2.22. The fourth-order valence-electron chi connectivity index (χ4n) is 3.82. The lowest BCUT2D eigenvalue weighted by Crippen LogP contribution is -2.27. The molecule has 1 amide bonds. The van der Waals surface area contributed by atoms with Crippen molar-refractivity contribution < 1.29 is 13.2 Å². The van der Waals surface area contributed by atoms with E-state index >= 15 is 0 Å². The summed E-state index contributed by atoms with van der Waals surface area (Å²) in [6.45, 7) is 8.53. The lowest BCUT2D eigenvalue weighted by atomic mass is 10.1. The topological polar surface area (TPSA) is 74.7 Å². The Balaban J connectivity index is 1.71. The second-order valence-electron chi connectivity index (χ2n) is 7.70. The Morgan fingerprint density at radius 3 is 2.37 bits per heavy atom. The maximum Gasteiger partial charge on any atom is 0.268 e. The van der Waals surface area contributed by atoms with Crippen LogP contribution in [0.4, 0.5) is 0 Å². The highest BCUT2D eigenvalue weighted by molar-refractivity contribution is 7.89. The van der Waals surface area contributed by atoms with E-state index in [4.69, 9.17) is 0 Å². The van der Waals surface area contributed by atoms with Crippen LogP contribution in [-0.2, 0) is 30.2 Å². The number of aromatic nitrogens is 1. The molecule has 0 atom stereocenters. The highest BCUT2D eigenvalue weighted by Gasteiger charge is 2.29. The van der Waals surface area contributed by atoms with Gasteiger partial charge in [0.25, 0.3) is 5.91 Å². The van der Waals surface area contributed by atoms with Crippen molar-refractivity contribution in [3.63, 3.8) is 0 Å². The molecule has 0 saturated carbocycles. The number of sulfonamides is 1. The minimum Gasteiger partial charge on any atom is -0.347 e. The van der Waals surface area contributed by atoms with Crippen LogP contribution < -0.4 is 5.32 Å². The van der Waals surface area contributed by atoms with E-state index in [1.54, 1.807) is 11.6 Å². The number of amides is 1. The Morgan fingerprint density at radius 2 is 1.73 bits per heavy atom. The molecule has 1 N–H and O–H groups in total. The Labute approximate surface area is 179 Å². The molecule has 1 aliphatic heterocycles. The summed E-state index contributed by atoms with van der Waals surface area (Å²) in [5, 5.41) is 2.95. The van der Waals surface area contributed by atoms with Crippen LogP contribution in [0.25, 0.3) is 0 Å². The van der Waals surface area contributed by atoms with Crippen LogP contribution in [0, 0.1) is 0 Å². The van der Waals surface area contributed by atoms with Gasteiger partial charge >= 0.3 is 0 Å². The summed E-state index contributed by atoms with van der Waals surface area (Å²) >= 11 is 0. The smallest absolute Gasteiger partial charge is 0.268 e. The first kappa shape index (κ1) is 22.5. The molecule has 0 spiro atoms. The van der Waals surface area contributed by atoms with Gasteiger partial charge in [-0.05, 0) is 43.1 Å². The number of benzene rings is 1. The third-order valence-electron chi connectivity index (χ3n) is 5.76. The van der Waals surface area contributed by atoms with E-state index in [9.17, 15) is 13.2 Å². The molecular weight excluding hydrogens is 400 g/mol. The van der Waals surface area contributed by atoms with Crippen LogP contribution in [0.1, 0.15) is 48.3 Å². The van der Waals surface area contributed by atoms with Crippen molar-refractivity contribution in [1.29, 1.82) is 0 Å². The van der Waals surface area contributed by atoms with E-state index in [1.807, 2.05) is 18.2 Å². The van der Waals surface area contributed by atoms with Crippen LogP contribution in [-0.4, -0.2) is 54.3 Å². The van der Waals surface area contributed by atoms with Gasteiger partial charge in [-0.25, -0.2) is 8.42 Å². The van der Waals surface area contributed by atoms with E-state index < -0.39 is 10.0 Å². The number of carbonyl (C=O) groups is 1. The number of hydrogen-bond donors (Lipinski definition) is 1. The Hall–Kier alpha value is -2.16. The van der Waals surface area contributed by atoms with Gasteiger partial charge in [-0.1, -0.05) is 38.1 Å². The van der Waals surface area contributed by atoms with Gasteiger partial charge in [0.05, 0.1) is 0 Å². The molecule has 7 nitrogen and oxygen atoms in total. The number of rotatable bonds is 9. The van der Waals surface area contributed by atoms with Crippen LogP contribution >= 0.6 is 0 Å². The summed E-state index contributed by atoms with van der Waals surface area (Å²) in [7, 11) is -1.84. The molecule has 0 aliphatic carbocycles. The third-order valence-corrected chi connectivity index (χ3v) is 7.63. The van der Waals surface area contributed by atoms with Crippen molar-refractivity contribution in [2.24, 2.45) is 7.05 Å². The second kappa shape index (κ2) is 9.76. The number of nitrogens with zero attached hydrogens (tertiary/aromatic N) is 3. The van der Waals surface area contributed by atoms with Crippen LogP contribution in [0.2, 0.25) is 0 Å². The molecule has 2 heterocycles. The summed E-state index contributed by atoms with van der Waals surface area (Å²) in [5.74, 6) is -0.280. The lowest BCUT2D eigenvalue weighted by Gasteiger charge is -2.20. The standard InChI is InChI=1S/C22H32N4O3S/c1-4-25(5-2)16-19-11-7-6-10-18(19)15-23-22(27)21-14-20(17-24(21)3)30(28,29)26-12-8-9-13-26/h6-7,10-11,14,17H,4-5,8-9,12-13,15-16H2,1-3H3,(H,23,27). The largest absolute Gasteiger partial charge is 0.347 e. The van der Waals surface area contributed by atoms with Gasteiger partial charge in [0.2, 0.25) is 10.0 Å². The van der Waals surface area contributed by atoms with Gasteiger partial charge < -0.3 is 9.88 Å². The van der Waals surface area contributed by atoms with Crippen molar-refractivity contribution in [3.8, 4) is 0 Å². The second-order valence-corrected chi connectivity index (χ2v) is 9.63. The average Bonchev–Trinajstić information content (AvgIpc) is 3.41. The fourth-order valence-corrected chi connectivity index (χ4v) is 5.41. The predicted octanol–water partition coefficient (Wildman–Crippen LogP) is 2.58. The molecule has 0 bridgehead atoms. The first-order valence-corrected chi connectivity index (χ1v) is 12.0. The first-order valence-electron chi connectivity index (χ1n) is 10.6. The summed E-state index contributed by atoms with van der Waals surface area (Å²) in [5.41, 5.74) is 2.59. The summed E-state index contributed by atoms with van der Waals surface area (Å²) in [4.78, 5) is 15.3. The van der Waals surface area contributed by atoms with Gasteiger partial charge in [0.1, 0.15) is 10.6 Å². The number of carbonyl (C=O) groups excluding carboxylic acids is 1. The zero-order chi connectivity index (χ0) is 21.7. The van der Waals surface area contributed by atoms with E-state index in [-0.39, 0.29) is 10.8 Å². The minimum atomic E-state index is -3.54. The third kappa shape index (κ3) is 4.94. The molecule has 1 aliphatic rings. The number of nitrogens with one attached hydrogen (secondary N) is 1. The number of hydrogen-bond acceptors (Lipinski definition) is 4. The molecule has 0 unspecified atom stereocenters.